The zero-order valence-corrected chi connectivity index (χ0v) is 10.4. The molecule has 7 heteroatoms. The lowest BCUT2D eigenvalue weighted by atomic mass is 10.1. The standard InChI is InChI=1S/C12H14N2O5/c1-9(15)19-7-6-10-2-4-11(5-3-10)13-12(16)8-14(17)18/h2-5H,6-8H2,1H3,(H,13,16). The maximum atomic E-state index is 11.1. The molecule has 0 saturated carbocycles. The fourth-order valence-corrected chi connectivity index (χ4v) is 1.39. The van der Waals surface area contributed by atoms with Crippen LogP contribution in [0.25, 0.3) is 0 Å². The van der Waals surface area contributed by atoms with Gasteiger partial charge in [-0.15, -0.1) is 0 Å². The number of ether oxygens (including phenoxy) is 1. The molecule has 0 aliphatic rings. The van der Waals surface area contributed by atoms with E-state index in [-0.39, 0.29) is 5.97 Å². The summed E-state index contributed by atoms with van der Waals surface area (Å²) in [5.41, 5.74) is 1.43. The van der Waals surface area contributed by atoms with Gasteiger partial charge in [0.25, 0.3) is 12.5 Å². The molecule has 7 nitrogen and oxygen atoms in total. The average molecular weight is 266 g/mol. The van der Waals surface area contributed by atoms with E-state index in [0.29, 0.717) is 18.7 Å². The first-order chi connectivity index (χ1) is 8.97. The first-order valence-corrected chi connectivity index (χ1v) is 5.61. The third kappa shape index (κ3) is 6.16. The molecule has 1 rings (SSSR count). The zero-order chi connectivity index (χ0) is 14.3. The van der Waals surface area contributed by atoms with Crippen LogP contribution in [0.15, 0.2) is 24.3 Å². The summed E-state index contributed by atoms with van der Waals surface area (Å²) >= 11 is 0. The molecule has 0 unspecified atom stereocenters. The molecule has 19 heavy (non-hydrogen) atoms. The Morgan fingerprint density at radius 1 is 1.32 bits per heavy atom. The minimum absolute atomic E-state index is 0.294. The molecule has 0 bridgehead atoms. The summed E-state index contributed by atoms with van der Waals surface area (Å²) in [6, 6.07) is 6.79. The number of rotatable bonds is 6. The summed E-state index contributed by atoms with van der Waals surface area (Å²) in [7, 11) is 0. The van der Waals surface area contributed by atoms with E-state index in [0.717, 1.165) is 5.56 Å². The fraction of sp³-hybridized carbons (Fsp3) is 0.333. The van der Waals surface area contributed by atoms with Gasteiger partial charge < -0.3 is 10.1 Å². The SMILES string of the molecule is CC(=O)OCCc1ccc(NC(=O)C[N+](=O)[O-])cc1. The Morgan fingerprint density at radius 2 is 1.95 bits per heavy atom. The first kappa shape index (κ1) is 14.6. The number of anilines is 1. The second-order valence-electron chi connectivity index (χ2n) is 3.83. The van der Waals surface area contributed by atoms with Gasteiger partial charge in [0.2, 0.25) is 0 Å². The second kappa shape index (κ2) is 7.10. The molecule has 0 aliphatic carbocycles. The Labute approximate surface area is 109 Å². The van der Waals surface area contributed by atoms with E-state index in [4.69, 9.17) is 4.74 Å². The lowest BCUT2D eigenvalue weighted by molar-refractivity contribution is -0.467. The summed E-state index contributed by atoms with van der Waals surface area (Å²) in [6.07, 6.45) is 0.572. The highest BCUT2D eigenvalue weighted by atomic mass is 16.6. The van der Waals surface area contributed by atoms with E-state index in [9.17, 15) is 19.7 Å². The molecular weight excluding hydrogens is 252 g/mol. The monoisotopic (exact) mass is 266 g/mol. The Balaban J connectivity index is 2.45. The van der Waals surface area contributed by atoms with Crippen molar-refractivity contribution < 1.29 is 19.2 Å². The fourth-order valence-electron chi connectivity index (χ4n) is 1.39. The molecule has 0 heterocycles. The Hall–Kier alpha value is -2.44. The summed E-state index contributed by atoms with van der Waals surface area (Å²) in [6.45, 7) is 0.879. The maximum absolute atomic E-state index is 11.1. The van der Waals surface area contributed by atoms with E-state index < -0.39 is 17.4 Å². The van der Waals surface area contributed by atoms with Crippen molar-refractivity contribution in [3.05, 3.63) is 39.9 Å². The second-order valence-corrected chi connectivity index (χ2v) is 3.83. The summed E-state index contributed by atoms with van der Waals surface area (Å²) in [5, 5.41) is 12.5. The largest absolute Gasteiger partial charge is 0.466 e. The van der Waals surface area contributed by atoms with E-state index in [1.165, 1.54) is 6.92 Å². The number of carbonyl (C=O) groups is 2. The van der Waals surface area contributed by atoms with Crippen molar-refractivity contribution in [1.82, 2.24) is 0 Å². The van der Waals surface area contributed by atoms with Crippen LogP contribution < -0.4 is 5.32 Å². The third-order valence-corrected chi connectivity index (χ3v) is 2.21. The van der Waals surface area contributed by atoms with E-state index >= 15 is 0 Å². The number of hydrogen-bond acceptors (Lipinski definition) is 5. The van der Waals surface area contributed by atoms with Gasteiger partial charge in [0.15, 0.2) is 0 Å². The predicted molar refractivity (Wildman–Crippen MR) is 67.3 cm³/mol. The van der Waals surface area contributed by atoms with Crippen LogP contribution in [0, 0.1) is 10.1 Å². The van der Waals surface area contributed by atoms with Gasteiger partial charge in [-0.25, -0.2) is 0 Å². The average Bonchev–Trinajstić information content (AvgIpc) is 2.29. The van der Waals surface area contributed by atoms with Crippen LogP contribution >= 0.6 is 0 Å². The number of carbonyl (C=O) groups excluding carboxylic acids is 2. The molecule has 1 N–H and O–H groups in total. The van der Waals surface area contributed by atoms with Crippen molar-refractivity contribution >= 4 is 17.6 Å². The summed E-state index contributed by atoms with van der Waals surface area (Å²) in [4.78, 5) is 31.2. The normalized spacial score (nSPS) is 9.74. The molecule has 0 saturated heterocycles. The minimum atomic E-state index is -0.756. The number of nitro groups is 1. The minimum Gasteiger partial charge on any atom is -0.466 e. The van der Waals surface area contributed by atoms with Crippen LogP contribution in [-0.2, 0) is 20.7 Å². The highest BCUT2D eigenvalue weighted by molar-refractivity contribution is 5.91. The molecule has 0 spiro atoms. The number of nitrogens with zero attached hydrogens (tertiary/aromatic N) is 1. The lowest BCUT2D eigenvalue weighted by Gasteiger charge is -2.05. The Bertz CT molecular complexity index is 470. The van der Waals surface area contributed by atoms with Gasteiger partial charge in [-0.1, -0.05) is 12.1 Å². The van der Waals surface area contributed by atoms with Gasteiger partial charge in [0.05, 0.1) is 6.61 Å². The van der Waals surface area contributed by atoms with Crippen molar-refractivity contribution in [2.45, 2.75) is 13.3 Å². The number of nitrogens with one attached hydrogen (secondary N) is 1. The van der Waals surface area contributed by atoms with Crippen LogP contribution in [0.5, 0.6) is 0 Å². The molecule has 1 amide bonds. The van der Waals surface area contributed by atoms with Crippen LogP contribution in [0.4, 0.5) is 5.69 Å². The van der Waals surface area contributed by atoms with Crippen molar-refractivity contribution in [3.63, 3.8) is 0 Å². The van der Waals surface area contributed by atoms with E-state index in [1.807, 2.05) is 0 Å². The van der Waals surface area contributed by atoms with Crippen molar-refractivity contribution in [1.29, 1.82) is 0 Å². The maximum Gasteiger partial charge on any atom is 0.302 e. The molecule has 102 valence electrons. The highest BCUT2D eigenvalue weighted by Crippen LogP contribution is 2.10. The summed E-state index contributed by atoms with van der Waals surface area (Å²) in [5.74, 6) is -0.999. The quantitative estimate of drug-likeness (QED) is 0.470. The van der Waals surface area contributed by atoms with Gasteiger partial charge >= 0.3 is 5.97 Å². The van der Waals surface area contributed by atoms with Crippen LogP contribution in [0.2, 0.25) is 0 Å². The van der Waals surface area contributed by atoms with E-state index in [2.05, 4.69) is 5.32 Å². The van der Waals surface area contributed by atoms with Gasteiger partial charge in [-0.3, -0.25) is 19.7 Å². The Morgan fingerprint density at radius 3 is 2.47 bits per heavy atom. The Kier molecular flexibility index (Phi) is 5.46. The van der Waals surface area contributed by atoms with Crippen LogP contribution in [0.1, 0.15) is 12.5 Å². The van der Waals surface area contributed by atoms with E-state index in [1.54, 1.807) is 24.3 Å². The van der Waals surface area contributed by atoms with Crippen LogP contribution in [0.3, 0.4) is 0 Å². The number of amides is 1. The highest BCUT2D eigenvalue weighted by Gasteiger charge is 2.09. The van der Waals surface area contributed by atoms with Crippen molar-refractivity contribution in [2.24, 2.45) is 0 Å². The number of esters is 1. The molecule has 1 aromatic rings. The third-order valence-electron chi connectivity index (χ3n) is 2.21. The zero-order valence-electron chi connectivity index (χ0n) is 10.4. The molecule has 0 radical (unpaired) electrons. The molecule has 0 aromatic heterocycles. The van der Waals surface area contributed by atoms with Gasteiger partial charge in [-0.05, 0) is 17.7 Å². The predicted octanol–water partition coefficient (Wildman–Crippen LogP) is 1.01. The van der Waals surface area contributed by atoms with Gasteiger partial charge in [-0.2, -0.15) is 0 Å². The van der Waals surface area contributed by atoms with Gasteiger partial charge in [0, 0.05) is 24.0 Å². The van der Waals surface area contributed by atoms with Crippen molar-refractivity contribution in [3.8, 4) is 0 Å². The van der Waals surface area contributed by atoms with Crippen LogP contribution in [-0.4, -0.2) is 30.0 Å². The van der Waals surface area contributed by atoms with Gasteiger partial charge in [0.1, 0.15) is 0 Å². The molecule has 0 aliphatic heterocycles. The first-order valence-electron chi connectivity index (χ1n) is 5.61. The smallest absolute Gasteiger partial charge is 0.302 e. The molecular formula is C12H14N2O5. The number of hydrogen-bond donors (Lipinski definition) is 1. The topological polar surface area (TPSA) is 98.5 Å². The summed E-state index contributed by atoms with van der Waals surface area (Å²) < 4.78 is 4.80. The van der Waals surface area contributed by atoms with Crippen molar-refractivity contribution in [2.75, 3.05) is 18.5 Å². The molecule has 0 atom stereocenters. The lowest BCUT2D eigenvalue weighted by Crippen LogP contribution is -2.21. The molecule has 1 aromatic carbocycles. The molecule has 0 fully saturated rings. The number of benzene rings is 1.